The Labute approximate surface area is 196 Å². The fraction of sp³-hybridized carbons (Fsp3) is 0.200. The molecule has 0 saturated carbocycles. The van der Waals surface area contributed by atoms with Gasteiger partial charge in [0, 0.05) is 12.7 Å². The van der Waals surface area contributed by atoms with Crippen LogP contribution in [0.25, 0.3) is 16.9 Å². The summed E-state index contributed by atoms with van der Waals surface area (Å²) in [6.07, 6.45) is 3.46. The molecule has 33 heavy (non-hydrogen) atoms. The smallest absolute Gasteiger partial charge is 0.253 e. The topological polar surface area (TPSA) is 88.9 Å². The molecular weight excluding hydrogens is 438 g/mol. The van der Waals surface area contributed by atoms with Crippen molar-refractivity contribution < 1.29 is 9.59 Å². The van der Waals surface area contributed by atoms with Crippen LogP contribution in [-0.2, 0) is 11.3 Å². The maximum absolute atomic E-state index is 12.8. The molecule has 2 heterocycles. The highest BCUT2D eigenvalue weighted by Gasteiger charge is 2.25. The van der Waals surface area contributed by atoms with Gasteiger partial charge >= 0.3 is 0 Å². The van der Waals surface area contributed by atoms with E-state index in [4.69, 9.17) is 11.6 Å². The lowest BCUT2D eigenvalue weighted by atomic mass is 10.0. The number of para-hydroxylation sites is 2. The number of carbonyl (C=O) groups is 2. The zero-order valence-corrected chi connectivity index (χ0v) is 19.1. The summed E-state index contributed by atoms with van der Waals surface area (Å²) in [4.78, 5) is 34.3. The van der Waals surface area contributed by atoms with Crippen LogP contribution < -0.4 is 10.6 Å². The van der Waals surface area contributed by atoms with Crippen molar-refractivity contribution in [2.45, 2.75) is 26.4 Å². The molecule has 0 saturated heterocycles. The number of nitrogens with one attached hydrogen (secondary N) is 2. The highest BCUT2D eigenvalue weighted by atomic mass is 35.5. The first-order chi connectivity index (χ1) is 15.9. The molecule has 1 unspecified atom stereocenters. The third-order valence-electron chi connectivity index (χ3n) is 5.33. The van der Waals surface area contributed by atoms with E-state index in [0.29, 0.717) is 17.1 Å². The van der Waals surface area contributed by atoms with E-state index in [2.05, 4.69) is 20.6 Å². The van der Waals surface area contributed by atoms with Gasteiger partial charge in [-0.15, -0.1) is 0 Å². The number of rotatable bonds is 7. The minimum Gasteiger partial charge on any atom is -0.350 e. The van der Waals surface area contributed by atoms with Crippen LogP contribution in [0.4, 0.5) is 0 Å². The zero-order valence-electron chi connectivity index (χ0n) is 18.3. The molecule has 4 rings (SSSR count). The van der Waals surface area contributed by atoms with Gasteiger partial charge in [0.1, 0.15) is 18.2 Å². The molecule has 1 atom stereocenters. The van der Waals surface area contributed by atoms with E-state index in [9.17, 15) is 9.59 Å². The lowest BCUT2D eigenvalue weighted by Crippen LogP contribution is -2.49. The van der Waals surface area contributed by atoms with Gasteiger partial charge in [-0.3, -0.25) is 14.2 Å². The number of aromatic nitrogens is 3. The van der Waals surface area contributed by atoms with Crippen molar-refractivity contribution in [2.24, 2.45) is 5.92 Å². The summed E-state index contributed by atoms with van der Waals surface area (Å²) in [5, 5.41) is 6.03. The Bertz CT molecular complexity index is 1280. The Morgan fingerprint density at radius 3 is 2.48 bits per heavy atom. The number of nitrogens with zero attached hydrogens (tertiary/aromatic N) is 3. The van der Waals surface area contributed by atoms with Crippen LogP contribution in [0, 0.1) is 5.92 Å². The molecule has 0 spiro atoms. The van der Waals surface area contributed by atoms with Crippen molar-refractivity contribution in [3.8, 4) is 5.82 Å². The molecule has 0 aliphatic carbocycles. The number of benzene rings is 2. The summed E-state index contributed by atoms with van der Waals surface area (Å²) in [6, 6.07) is 17.7. The second kappa shape index (κ2) is 9.83. The first kappa shape index (κ1) is 22.5. The van der Waals surface area contributed by atoms with Gasteiger partial charge in [0.15, 0.2) is 0 Å². The van der Waals surface area contributed by atoms with E-state index in [1.54, 1.807) is 36.8 Å². The van der Waals surface area contributed by atoms with Gasteiger partial charge in [0.05, 0.1) is 21.6 Å². The van der Waals surface area contributed by atoms with Gasteiger partial charge in [0.25, 0.3) is 5.91 Å². The summed E-state index contributed by atoms with van der Waals surface area (Å²) < 4.78 is 1.91. The summed E-state index contributed by atoms with van der Waals surface area (Å²) in [5.74, 6) is -0.0135. The van der Waals surface area contributed by atoms with Crippen molar-refractivity contribution in [1.82, 2.24) is 25.2 Å². The Balaban J connectivity index is 1.40. The zero-order chi connectivity index (χ0) is 23.4. The van der Waals surface area contributed by atoms with E-state index in [1.165, 1.54) is 0 Å². The molecule has 2 aromatic heterocycles. The SMILES string of the molecule is CC(C)C(NC(=O)c1ccccc1Cl)C(=O)NCc1ccc(-n2cnc3ccccc32)nc1. The summed E-state index contributed by atoms with van der Waals surface area (Å²) in [7, 11) is 0. The van der Waals surface area contributed by atoms with Crippen molar-refractivity contribution >= 4 is 34.4 Å². The second-order valence-electron chi connectivity index (χ2n) is 8.02. The number of pyridine rings is 1. The fourth-order valence-electron chi connectivity index (χ4n) is 3.50. The van der Waals surface area contributed by atoms with Gasteiger partial charge in [0.2, 0.25) is 5.91 Å². The van der Waals surface area contributed by atoms with Crippen LogP contribution in [0.2, 0.25) is 5.02 Å². The summed E-state index contributed by atoms with van der Waals surface area (Å²) >= 11 is 6.11. The van der Waals surface area contributed by atoms with E-state index in [1.807, 2.05) is 54.8 Å². The minimum absolute atomic E-state index is 0.105. The number of imidazole rings is 1. The highest BCUT2D eigenvalue weighted by Crippen LogP contribution is 2.17. The van der Waals surface area contributed by atoms with E-state index >= 15 is 0 Å². The Hall–Kier alpha value is -3.71. The first-order valence-electron chi connectivity index (χ1n) is 10.6. The second-order valence-corrected chi connectivity index (χ2v) is 8.43. The van der Waals surface area contributed by atoms with Crippen molar-refractivity contribution in [2.75, 3.05) is 0 Å². The minimum atomic E-state index is -0.696. The maximum atomic E-state index is 12.8. The Morgan fingerprint density at radius 2 is 1.76 bits per heavy atom. The molecule has 0 radical (unpaired) electrons. The average molecular weight is 462 g/mol. The van der Waals surface area contributed by atoms with Gasteiger partial charge in [-0.25, -0.2) is 9.97 Å². The summed E-state index contributed by atoms with van der Waals surface area (Å²) in [5.41, 5.74) is 3.05. The number of halogens is 1. The monoisotopic (exact) mass is 461 g/mol. The number of hydrogen-bond acceptors (Lipinski definition) is 4. The predicted molar refractivity (Wildman–Crippen MR) is 128 cm³/mol. The number of hydrogen-bond donors (Lipinski definition) is 2. The summed E-state index contributed by atoms with van der Waals surface area (Å²) in [6.45, 7) is 4.05. The molecule has 2 N–H and O–H groups in total. The normalized spacial score (nSPS) is 12.0. The van der Waals surface area contributed by atoms with Gasteiger partial charge < -0.3 is 10.6 Å². The Kier molecular flexibility index (Phi) is 6.70. The molecule has 8 heteroatoms. The van der Waals surface area contributed by atoms with Crippen LogP contribution in [0.5, 0.6) is 0 Å². The lowest BCUT2D eigenvalue weighted by Gasteiger charge is -2.22. The quantitative estimate of drug-likeness (QED) is 0.433. The van der Waals surface area contributed by atoms with Crippen LogP contribution in [0.15, 0.2) is 73.2 Å². The Morgan fingerprint density at radius 1 is 1.00 bits per heavy atom. The molecule has 168 valence electrons. The van der Waals surface area contributed by atoms with Gasteiger partial charge in [-0.1, -0.05) is 55.8 Å². The molecular formula is C25H24ClN5O2. The molecule has 0 aliphatic heterocycles. The maximum Gasteiger partial charge on any atom is 0.253 e. The molecule has 7 nitrogen and oxygen atoms in total. The van der Waals surface area contributed by atoms with Crippen molar-refractivity contribution in [3.63, 3.8) is 0 Å². The number of amides is 2. The third-order valence-corrected chi connectivity index (χ3v) is 5.66. The fourth-order valence-corrected chi connectivity index (χ4v) is 3.73. The lowest BCUT2D eigenvalue weighted by molar-refractivity contribution is -0.124. The van der Waals surface area contributed by atoms with Crippen LogP contribution in [0.3, 0.4) is 0 Å². The molecule has 2 amide bonds. The average Bonchev–Trinajstić information content (AvgIpc) is 3.25. The molecule has 4 aromatic rings. The largest absolute Gasteiger partial charge is 0.350 e. The standard InChI is InChI=1S/C25H24ClN5O2/c1-16(2)23(30-24(32)18-7-3-4-8-19(18)26)25(33)28-14-17-11-12-22(27-13-17)31-15-29-20-9-5-6-10-21(20)31/h3-13,15-16,23H,14H2,1-2H3,(H,28,33)(H,30,32). The van der Waals surface area contributed by atoms with E-state index in [-0.39, 0.29) is 17.7 Å². The van der Waals surface area contributed by atoms with Crippen molar-refractivity contribution in [1.29, 1.82) is 0 Å². The third kappa shape index (κ3) is 5.04. The number of fused-ring (bicyclic) bond motifs is 1. The predicted octanol–water partition coefficient (Wildman–Crippen LogP) is 4.14. The van der Waals surface area contributed by atoms with Gasteiger partial charge in [-0.2, -0.15) is 0 Å². The first-order valence-corrected chi connectivity index (χ1v) is 11.0. The molecule has 0 aliphatic rings. The van der Waals surface area contributed by atoms with Crippen LogP contribution in [-0.4, -0.2) is 32.4 Å². The van der Waals surface area contributed by atoms with Crippen LogP contribution in [0.1, 0.15) is 29.8 Å². The number of carbonyl (C=O) groups excluding carboxylic acids is 2. The van der Waals surface area contributed by atoms with E-state index < -0.39 is 6.04 Å². The van der Waals surface area contributed by atoms with Gasteiger partial charge in [-0.05, 0) is 41.8 Å². The van der Waals surface area contributed by atoms with E-state index in [0.717, 1.165) is 22.4 Å². The molecule has 0 fully saturated rings. The van der Waals surface area contributed by atoms with Crippen molar-refractivity contribution in [3.05, 3.63) is 89.3 Å². The molecule has 0 bridgehead atoms. The van der Waals surface area contributed by atoms with Crippen LogP contribution >= 0.6 is 11.6 Å². The molecule has 2 aromatic carbocycles. The highest BCUT2D eigenvalue weighted by molar-refractivity contribution is 6.33.